The minimum atomic E-state index is -0.0862. The fourth-order valence-electron chi connectivity index (χ4n) is 2.03. The van der Waals surface area contributed by atoms with Crippen LogP contribution in [0.2, 0.25) is 0 Å². The fourth-order valence-corrected chi connectivity index (χ4v) is 2.03. The highest BCUT2D eigenvalue weighted by Gasteiger charge is 2.22. The summed E-state index contributed by atoms with van der Waals surface area (Å²) in [4.78, 5) is 0. The molecule has 0 aliphatic carbocycles. The predicted molar refractivity (Wildman–Crippen MR) is 71.8 cm³/mol. The molecule has 2 aromatic rings. The molecule has 0 fully saturated rings. The van der Waals surface area contributed by atoms with E-state index < -0.39 is 0 Å². The van der Waals surface area contributed by atoms with Crippen molar-refractivity contribution in [1.29, 1.82) is 0 Å². The summed E-state index contributed by atoms with van der Waals surface area (Å²) in [6.07, 6.45) is 2.75. The molecule has 0 radical (unpaired) electrons. The van der Waals surface area contributed by atoms with Gasteiger partial charge in [-0.1, -0.05) is 31.2 Å². The minimum absolute atomic E-state index is 0.0862. The highest BCUT2D eigenvalue weighted by molar-refractivity contribution is 5.81. The summed E-state index contributed by atoms with van der Waals surface area (Å²) in [6.45, 7) is 6.57. The van der Waals surface area contributed by atoms with Crippen LogP contribution in [0.5, 0.6) is 0 Å². The van der Waals surface area contributed by atoms with E-state index in [0.29, 0.717) is 6.54 Å². The number of hydrogen-bond donors (Lipinski definition) is 1. The van der Waals surface area contributed by atoms with Crippen molar-refractivity contribution in [3.8, 4) is 0 Å². The van der Waals surface area contributed by atoms with Crippen molar-refractivity contribution in [3.05, 3.63) is 42.6 Å². The van der Waals surface area contributed by atoms with Crippen LogP contribution in [0.4, 0.5) is 0 Å². The number of nitrogens with two attached hydrogens (primary N) is 1. The normalized spacial score (nSPS) is 14.8. The molecule has 1 aromatic heterocycles. The van der Waals surface area contributed by atoms with E-state index in [2.05, 4.69) is 30.7 Å². The first kappa shape index (κ1) is 11.9. The number of aryl methyl sites for hydroxylation is 1. The van der Waals surface area contributed by atoms with E-state index in [-0.39, 0.29) is 5.41 Å². The van der Waals surface area contributed by atoms with Crippen LogP contribution in [0.3, 0.4) is 0 Å². The van der Waals surface area contributed by atoms with E-state index in [9.17, 15) is 0 Å². The molecule has 0 saturated carbocycles. The Bertz CT molecular complexity index is 541. The molecule has 0 spiro atoms. The van der Waals surface area contributed by atoms with Crippen LogP contribution in [0.1, 0.15) is 12.6 Å². The SMILES string of the molecule is C=CC(C)(CN)Cc1nn(C)c2ccccc12. The van der Waals surface area contributed by atoms with E-state index in [1.165, 1.54) is 5.39 Å². The van der Waals surface area contributed by atoms with E-state index in [4.69, 9.17) is 5.73 Å². The van der Waals surface area contributed by atoms with Crippen molar-refractivity contribution < 1.29 is 0 Å². The number of fused-ring (bicyclic) bond motifs is 1. The summed E-state index contributed by atoms with van der Waals surface area (Å²) in [7, 11) is 1.97. The molecule has 1 unspecified atom stereocenters. The Hall–Kier alpha value is -1.61. The Labute approximate surface area is 102 Å². The number of nitrogens with zero attached hydrogens (tertiary/aromatic N) is 2. The predicted octanol–water partition coefficient (Wildman–Crippen LogP) is 2.27. The summed E-state index contributed by atoms with van der Waals surface area (Å²) < 4.78 is 1.92. The van der Waals surface area contributed by atoms with Gasteiger partial charge in [-0.25, -0.2) is 0 Å². The minimum Gasteiger partial charge on any atom is -0.330 e. The molecule has 0 saturated heterocycles. The standard InChI is InChI=1S/C14H19N3/c1-4-14(2,10-15)9-12-11-7-5-6-8-13(11)17(3)16-12/h4-8H,1,9-10,15H2,2-3H3. The monoisotopic (exact) mass is 229 g/mol. The van der Waals surface area contributed by atoms with Crippen LogP contribution < -0.4 is 5.73 Å². The van der Waals surface area contributed by atoms with Crippen LogP contribution in [-0.4, -0.2) is 16.3 Å². The number of para-hydroxylation sites is 1. The Morgan fingerprint density at radius 2 is 2.18 bits per heavy atom. The Balaban J connectivity index is 2.46. The van der Waals surface area contributed by atoms with Gasteiger partial charge in [-0.05, 0) is 6.07 Å². The maximum Gasteiger partial charge on any atom is 0.0712 e. The lowest BCUT2D eigenvalue weighted by molar-refractivity contribution is 0.433. The molecule has 17 heavy (non-hydrogen) atoms. The third-order valence-corrected chi connectivity index (χ3v) is 3.36. The summed E-state index contributed by atoms with van der Waals surface area (Å²) >= 11 is 0. The van der Waals surface area contributed by atoms with Crippen molar-refractivity contribution in [2.45, 2.75) is 13.3 Å². The molecule has 3 heteroatoms. The van der Waals surface area contributed by atoms with Gasteiger partial charge in [-0.15, -0.1) is 6.58 Å². The maximum absolute atomic E-state index is 5.81. The van der Waals surface area contributed by atoms with Crippen LogP contribution in [0.25, 0.3) is 10.9 Å². The van der Waals surface area contributed by atoms with Crippen LogP contribution in [0, 0.1) is 5.41 Å². The Morgan fingerprint density at radius 3 is 2.82 bits per heavy atom. The van der Waals surface area contributed by atoms with Crippen molar-refractivity contribution in [2.24, 2.45) is 18.2 Å². The second-order valence-electron chi connectivity index (χ2n) is 4.83. The average molecular weight is 229 g/mol. The summed E-state index contributed by atoms with van der Waals surface area (Å²) in [5, 5.41) is 5.79. The number of benzene rings is 1. The molecule has 2 rings (SSSR count). The molecule has 0 aliphatic heterocycles. The third-order valence-electron chi connectivity index (χ3n) is 3.36. The highest BCUT2D eigenvalue weighted by Crippen LogP contribution is 2.26. The van der Waals surface area contributed by atoms with Gasteiger partial charge in [-0.3, -0.25) is 4.68 Å². The Morgan fingerprint density at radius 1 is 1.47 bits per heavy atom. The van der Waals surface area contributed by atoms with Crippen molar-refractivity contribution in [1.82, 2.24) is 9.78 Å². The van der Waals surface area contributed by atoms with Gasteiger partial charge in [0.1, 0.15) is 0 Å². The van der Waals surface area contributed by atoms with Gasteiger partial charge in [0.2, 0.25) is 0 Å². The van der Waals surface area contributed by atoms with Crippen molar-refractivity contribution in [3.63, 3.8) is 0 Å². The third kappa shape index (κ3) is 2.11. The van der Waals surface area contributed by atoms with Gasteiger partial charge in [0, 0.05) is 30.8 Å². The van der Waals surface area contributed by atoms with Crippen molar-refractivity contribution >= 4 is 10.9 Å². The quantitative estimate of drug-likeness (QED) is 0.817. The van der Waals surface area contributed by atoms with Crippen LogP contribution >= 0.6 is 0 Å². The van der Waals surface area contributed by atoms with Crippen LogP contribution in [-0.2, 0) is 13.5 Å². The molecule has 0 aliphatic rings. The van der Waals surface area contributed by atoms with Gasteiger partial charge >= 0.3 is 0 Å². The second-order valence-corrected chi connectivity index (χ2v) is 4.83. The number of aromatic nitrogens is 2. The summed E-state index contributed by atoms with van der Waals surface area (Å²) in [5.41, 5.74) is 7.98. The number of rotatable bonds is 4. The van der Waals surface area contributed by atoms with Gasteiger partial charge in [0.25, 0.3) is 0 Å². The summed E-state index contributed by atoms with van der Waals surface area (Å²) in [6, 6.07) is 8.27. The molecule has 0 amide bonds. The van der Waals surface area contributed by atoms with Gasteiger partial charge < -0.3 is 5.73 Å². The first-order valence-electron chi connectivity index (χ1n) is 5.84. The van der Waals surface area contributed by atoms with Gasteiger partial charge in [-0.2, -0.15) is 5.10 Å². The lowest BCUT2D eigenvalue weighted by Gasteiger charge is -2.22. The molecular weight excluding hydrogens is 210 g/mol. The topological polar surface area (TPSA) is 43.8 Å². The van der Waals surface area contributed by atoms with Crippen molar-refractivity contribution in [2.75, 3.05) is 6.54 Å². The second kappa shape index (κ2) is 4.34. The van der Waals surface area contributed by atoms with Gasteiger partial charge in [0.15, 0.2) is 0 Å². The zero-order chi connectivity index (χ0) is 12.5. The summed E-state index contributed by atoms with van der Waals surface area (Å²) in [5.74, 6) is 0. The average Bonchev–Trinajstić information content (AvgIpc) is 2.67. The smallest absolute Gasteiger partial charge is 0.0712 e. The molecule has 1 aromatic carbocycles. The van der Waals surface area contributed by atoms with Crippen LogP contribution in [0.15, 0.2) is 36.9 Å². The maximum atomic E-state index is 5.81. The zero-order valence-corrected chi connectivity index (χ0v) is 10.5. The van der Waals surface area contributed by atoms with E-state index >= 15 is 0 Å². The molecular formula is C14H19N3. The molecule has 0 bridgehead atoms. The molecule has 90 valence electrons. The largest absolute Gasteiger partial charge is 0.330 e. The first-order valence-corrected chi connectivity index (χ1v) is 5.84. The number of hydrogen-bond acceptors (Lipinski definition) is 2. The van der Waals surface area contributed by atoms with E-state index in [0.717, 1.165) is 17.6 Å². The lowest BCUT2D eigenvalue weighted by atomic mass is 9.85. The fraction of sp³-hybridized carbons (Fsp3) is 0.357. The van der Waals surface area contributed by atoms with E-state index in [1.54, 1.807) is 0 Å². The zero-order valence-electron chi connectivity index (χ0n) is 10.5. The highest BCUT2D eigenvalue weighted by atomic mass is 15.3. The molecule has 1 heterocycles. The molecule has 2 N–H and O–H groups in total. The van der Waals surface area contributed by atoms with Gasteiger partial charge in [0.05, 0.1) is 11.2 Å². The lowest BCUT2D eigenvalue weighted by Crippen LogP contribution is -2.27. The first-order chi connectivity index (χ1) is 8.09. The van der Waals surface area contributed by atoms with E-state index in [1.807, 2.05) is 29.9 Å². The Kier molecular flexibility index (Phi) is 3.03. The molecule has 1 atom stereocenters. The molecule has 3 nitrogen and oxygen atoms in total.